The Morgan fingerprint density at radius 2 is 1.64 bits per heavy atom. The van der Waals surface area contributed by atoms with Crippen LogP contribution >= 0.6 is 23.1 Å². The van der Waals surface area contributed by atoms with Crippen LogP contribution in [0.3, 0.4) is 0 Å². The third-order valence-electron chi connectivity index (χ3n) is 6.70. The van der Waals surface area contributed by atoms with Crippen LogP contribution < -0.4 is 16.1 Å². The lowest BCUT2D eigenvalue weighted by molar-refractivity contribution is -0.150. The highest BCUT2D eigenvalue weighted by Gasteiger charge is 2.27. The Morgan fingerprint density at radius 1 is 1.00 bits per heavy atom. The Kier molecular flexibility index (Phi) is 10.4. The summed E-state index contributed by atoms with van der Waals surface area (Å²) in [5.74, 6) is 0.0653. The Morgan fingerprint density at radius 3 is 2.31 bits per heavy atom. The molecule has 2 aromatic carbocycles. The zero-order valence-corrected chi connectivity index (χ0v) is 24.6. The largest absolute Gasteiger partial charge is 0.461 e. The first-order valence-electron chi connectivity index (χ1n) is 13.5. The fourth-order valence-electron chi connectivity index (χ4n) is 4.52. The third-order valence-corrected chi connectivity index (χ3v) is 9.16. The van der Waals surface area contributed by atoms with E-state index in [1.54, 1.807) is 23.3 Å². The van der Waals surface area contributed by atoms with Crippen LogP contribution in [-0.2, 0) is 29.2 Å². The van der Waals surface area contributed by atoms with Crippen molar-refractivity contribution < 1.29 is 19.5 Å². The molecule has 1 amide bonds. The number of hydrogen-bond acceptors (Lipinski definition) is 8. The minimum absolute atomic E-state index is 0.0747. The lowest BCUT2D eigenvalue weighted by Crippen LogP contribution is -2.41. The normalized spacial score (nSPS) is 15.0. The number of amides is 1. The van der Waals surface area contributed by atoms with Crippen LogP contribution in [0.2, 0.25) is 0 Å². The maximum atomic E-state index is 12.9. The third kappa shape index (κ3) is 9.05. The van der Waals surface area contributed by atoms with E-state index in [-0.39, 0.29) is 22.9 Å². The molecule has 4 rings (SSSR count). The summed E-state index contributed by atoms with van der Waals surface area (Å²) >= 11 is 3.14. The van der Waals surface area contributed by atoms with Crippen molar-refractivity contribution in [1.29, 1.82) is 0 Å². The lowest BCUT2D eigenvalue weighted by atomic mass is 10.1. The van der Waals surface area contributed by atoms with E-state index in [1.807, 2.05) is 12.1 Å². The second-order valence-electron chi connectivity index (χ2n) is 11.0. The Labute approximate surface area is 239 Å². The maximum Gasteiger partial charge on any atom is 0.324 e. The van der Waals surface area contributed by atoms with Crippen molar-refractivity contribution in [3.63, 3.8) is 0 Å². The van der Waals surface area contributed by atoms with Gasteiger partial charge < -0.3 is 10.1 Å². The van der Waals surface area contributed by atoms with Crippen LogP contribution in [0.5, 0.6) is 0 Å². The highest BCUT2D eigenvalue weighted by Crippen LogP contribution is 2.27. The van der Waals surface area contributed by atoms with Crippen LogP contribution in [0.15, 0.2) is 48.5 Å². The Bertz CT molecular complexity index is 1250. The van der Waals surface area contributed by atoms with Gasteiger partial charge in [0.05, 0.1) is 4.88 Å². The fourth-order valence-corrected chi connectivity index (χ4v) is 6.45. The van der Waals surface area contributed by atoms with E-state index >= 15 is 0 Å². The summed E-state index contributed by atoms with van der Waals surface area (Å²) in [6.45, 7) is 8.54. The summed E-state index contributed by atoms with van der Waals surface area (Å²) in [6, 6.07) is 16.0. The Hall–Kier alpha value is -2.43. The first-order chi connectivity index (χ1) is 18.7. The van der Waals surface area contributed by atoms with Gasteiger partial charge in [-0.05, 0) is 59.9 Å². The molecule has 1 aliphatic carbocycles. The van der Waals surface area contributed by atoms with Crippen LogP contribution in [0.25, 0.3) is 10.1 Å². The summed E-state index contributed by atoms with van der Waals surface area (Å²) < 4.78 is 6.91. The summed E-state index contributed by atoms with van der Waals surface area (Å²) in [7, 11) is 0. The van der Waals surface area contributed by atoms with Crippen LogP contribution in [-0.4, -0.2) is 39.7 Å². The van der Waals surface area contributed by atoms with E-state index in [0.717, 1.165) is 53.4 Å². The van der Waals surface area contributed by atoms with Gasteiger partial charge in [-0.25, -0.2) is 5.48 Å². The van der Waals surface area contributed by atoms with E-state index in [9.17, 15) is 9.59 Å². The second-order valence-corrected chi connectivity index (χ2v) is 14.0. The molecule has 4 N–H and O–H groups in total. The number of thioether (sulfide) groups is 1. The van der Waals surface area contributed by atoms with Gasteiger partial charge in [0.25, 0.3) is 5.91 Å². The van der Waals surface area contributed by atoms with Gasteiger partial charge in [0.15, 0.2) is 0 Å². The number of carbonyl (C=O) groups excluding carboxylic acids is 2. The molecule has 1 aliphatic rings. The summed E-state index contributed by atoms with van der Waals surface area (Å²) in [4.78, 5) is 25.1. The molecule has 1 fully saturated rings. The fraction of sp³-hybridized carbons (Fsp3) is 0.467. The van der Waals surface area contributed by atoms with Crippen LogP contribution in [0, 0.1) is 0 Å². The average Bonchev–Trinajstić information content (AvgIpc) is 3.58. The molecule has 1 saturated carbocycles. The quantitative estimate of drug-likeness (QED) is 0.125. The molecule has 0 bridgehead atoms. The highest BCUT2D eigenvalue weighted by molar-refractivity contribution is 8.00. The van der Waals surface area contributed by atoms with Gasteiger partial charge in [-0.2, -0.15) is 11.8 Å². The first kappa shape index (κ1) is 29.6. The van der Waals surface area contributed by atoms with Crippen molar-refractivity contribution in [2.75, 3.05) is 5.75 Å². The molecule has 0 radical (unpaired) electrons. The standard InChI is InChI=1S/C30H39N3O4S2/c1-30(2,3)38-19-25(29(35)37-24-6-4-5-7-24)32-18-21-10-8-20(9-11-21)16-31-17-22-12-13-23-15-27(28(34)33-36)39-26(23)14-22/h8-15,24-25,31-32,36H,4-7,16-19H2,1-3H3,(H,33,34). The minimum atomic E-state index is -0.488. The van der Waals surface area contributed by atoms with Gasteiger partial charge in [0.1, 0.15) is 12.1 Å². The number of carbonyl (C=O) groups is 2. The molecule has 39 heavy (non-hydrogen) atoms. The van der Waals surface area contributed by atoms with Gasteiger partial charge in [-0.3, -0.25) is 20.1 Å². The first-order valence-corrected chi connectivity index (χ1v) is 15.3. The molecule has 1 heterocycles. The van der Waals surface area contributed by atoms with Crippen molar-refractivity contribution in [1.82, 2.24) is 16.1 Å². The van der Waals surface area contributed by atoms with E-state index in [1.165, 1.54) is 16.9 Å². The second kappa shape index (κ2) is 13.8. The zero-order chi connectivity index (χ0) is 27.8. The molecule has 1 atom stereocenters. The number of fused-ring (bicyclic) bond motifs is 1. The number of ether oxygens (including phenoxy) is 1. The lowest BCUT2D eigenvalue weighted by Gasteiger charge is -2.24. The maximum absolute atomic E-state index is 12.9. The molecule has 1 unspecified atom stereocenters. The van der Waals surface area contributed by atoms with Gasteiger partial charge >= 0.3 is 5.97 Å². The molecule has 9 heteroatoms. The molecule has 0 aliphatic heterocycles. The number of benzene rings is 2. The molecule has 1 aromatic heterocycles. The Balaban J connectivity index is 1.26. The smallest absolute Gasteiger partial charge is 0.324 e. The average molecular weight is 570 g/mol. The SMILES string of the molecule is CC(C)(C)SCC(NCc1ccc(CNCc2ccc3cc(C(=O)NO)sc3c2)cc1)C(=O)OC1CCCC1. The summed E-state index contributed by atoms with van der Waals surface area (Å²) in [5, 5.41) is 16.8. The van der Waals surface area contributed by atoms with Gasteiger partial charge in [0, 0.05) is 34.8 Å². The van der Waals surface area contributed by atoms with Crippen LogP contribution in [0.4, 0.5) is 0 Å². The van der Waals surface area contributed by atoms with E-state index < -0.39 is 5.91 Å². The van der Waals surface area contributed by atoms with Gasteiger partial charge in [0.2, 0.25) is 0 Å². The predicted molar refractivity (Wildman–Crippen MR) is 159 cm³/mol. The number of hydroxylamine groups is 1. The summed E-state index contributed by atoms with van der Waals surface area (Å²) in [6.07, 6.45) is 4.32. The molecule has 210 valence electrons. The monoisotopic (exact) mass is 569 g/mol. The van der Waals surface area contributed by atoms with Gasteiger partial charge in [-0.15, -0.1) is 11.3 Å². The topological polar surface area (TPSA) is 99.7 Å². The van der Waals surface area contributed by atoms with Crippen molar-refractivity contribution in [2.45, 2.75) is 83.0 Å². The molecular formula is C30H39N3O4S2. The van der Waals surface area contributed by atoms with E-state index in [0.29, 0.717) is 23.7 Å². The molecule has 0 spiro atoms. The van der Waals surface area contributed by atoms with Gasteiger partial charge in [-0.1, -0.05) is 57.2 Å². The van der Waals surface area contributed by atoms with E-state index in [4.69, 9.17) is 9.94 Å². The summed E-state index contributed by atoms with van der Waals surface area (Å²) in [5.41, 5.74) is 5.13. The number of nitrogens with one attached hydrogen (secondary N) is 3. The molecule has 0 saturated heterocycles. The minimum Gasteiger partial charge on any atom is -0.461 e. The van der Waals surface area contributed by atoms with Crippen LogP contribution in [0.1, 0.15) is 72.8 Å². The molecule has 7 nitrogen and oxygen atoms in total. The number of hydrogen-bond donors (Lipinski definition) is 4. The number of esters is 1. The van der Waals surface area contributed by atoms with Crippen molar-refractivity contribution in [2.24, 2.45) is 0 Å². The molecular weight excluding hydrogens is 530 g/mol. The zero-order valence-electron chi connectivity index (χ0n) is 22.9. The molecule has 3 aromatic rings. The number of rotatable bonds is 12. The van der Waals surface area contributed by atoms with E-state index in [2.05, 4.69) is 61.7 Å². The van der Waals surface area contributed by atoms with Crippen molar-refractivity contribution in [3.05, 3.63) is 70.1 Å². The number of thiophene rings is 1. The van der Waals surface area contributed by atoms with Crippen molar-refractivity contribution in [3.8, 4) is 0 Å². The highest BCUT2D eigenvalue weighted by atomic mass is 32.2. The predicted octanol–water partition coefficient (Wildman–Crippen LogP) is 5.79. The van der Waals surface area contributed by atoms with Crippen molar-refractivity contribution >= 4 is 45.1 Å².